The molecule has 1 aromatic heterocycles. The van der Waals surface area contributed by atoms with Crippen molar-refractivity contribution in [1.29, 1.82) is 0 Å². The third kappa shape index (κ3) is 5.86. The van der Waals surface area contributed by atoms with Crippen molar-refractivity contribution in [1.82, 2.24) is 15.6 Å². The Morgan fingerprint density at radius 2 is 2.17 bits per heavy atom. The number of carbonyl (C=O) groups is 1. The standard InChI is InChI=1S/C10H16N4OS.2ClH/c15-9(14-10-12-5-6-16-10)13-7-8-1-3-11-4-2-8;;/h5-6,8,11H,1-4,7H2,(H2,12,13,14,15);2*1H. The minimum atomic E-state index is -0.159. The number of thiazole rings is 1. The van der Waals surface area contributed by atoms with E-state index in [1.165, 1.54) is 11.3 Å². The predicted octanol–water partition coefficient (Wildman–Crippen LogP) is 2.11. The minimum Gasteiger partial charge on any atom is -0.338 e. The Balaban J connectivity index is 0.00000144. The summed E-state index contributed by atoms with van der Waals surface area (Å²) in [6.45, 7) is 2.86. The van der Waals surface area contributed by atoms with E-state index in [1.54, 1.807) is 6.20 Å². The van der Waals surface area contributed by atoms with Gasteiger partial charge in [0.1, 0.15) is 0 Å². The first-order chi connectivity index (χ1) is 7.84. The molecule has 0 saturated carbocycles. The summed E-state index contributed by atoms with van der Waals surface area (Å²) >= 11 is 1.42. The maximum absolute atomic E-state index is 11.5. The monoisotopic (exact) mass is 312 g/mol. The molecule has 8 heteroatoms. The van der Waals surface area contributed by atoms with Gasteiger partial charge in [-0.1, -0.05) is 0 Å². The number of amides is 2. The third-order valence-electron chi connectivity index (χ3n) is 2.66. The second kappa shape index (κ2) is 9.38. The van der Waals surface area contributed by atoms with Gasteiger partial charge in [-0.05, 0) is 31.8 Å². The molecule has 0 spiro atoms. The van der Waals surface area contributed by atoms with Crippen LogP contribution >= 0.6 is 36.2 Å². The van der Waals surface area contributed by atoms with E-state index in [9.17, 15) is 4.79 Å². The molecule has 0 aromatic carbocycles. The molecule has 3 N–H and O–H groups in total. The first-order valence-corrected chi connectivity index (χ1v) is 6.37. The first kappa shape index (κ1) is 17.4. The molecule has 1 aliphatic rings. The van der Waals surface area contributed by atoms with Crippen LogP contribution in [0.15, 0.2) is 11.6 Å². The van der Waals surface area contributed by atoms with E-state index >= 15 is 0 Å². The molecule has 1 saturated heterocycles. The van der Waals surface area contributed by atoms with Crippen LogP contribution in [0, 0.1) is 5.92 Å². The van der Waals surface area contributed by atoms with Crippen LogP contribution < -0.4 is 16.0 Å². The summed E-state index contributed by atoms with van der Waals surface area (Å²) in [5.41, 5.74) is 0. The van der Waals surface area contributed by atoms with Gasteiger partial charge in [-0.3, -0.25) is 5.32 Å². The van der Waals surface area contributed by atoms with Crippen molar-refractivity contribution >= 4 is 47.3 Å². The summed E-state index contributed by atoms with van der Waals surface area (Å²) in [7, 11) is 0. The predicted molar refractivity (Wildman–Crippen MR) is 79.2 cm³/mol. The minimum absolute atomic E-state index is 0. The number of halogens is 2. The number of aromatic nitrogens is 1. The second-order valence-electron chi connectivity index (χ2n) is 3.87. The Bertz CT molecular complexity index is 331. The number of anilines is 1. The molecule has 2 heterocycles. The van der Waals surface area contributed by atoms with E-state index in [-0.39, 0.29) is 30.8 Å². The molecule has 0 aliphatic carbocycles. The topological polar surface area (TPSA) is 66.1 Å². The van der Waals surface area contributed by atoms with Gasteiger partial charge in [-0.25, -0.2) is 9.78 Å². The Kier molecular flexibility index (Phi) is 9.09. The van der Waals surface area contributed by atoms with Gasteiger partial charge in [0.25, 0.3) is 0 Å². The lowest BCUT2D eigenvalue weighted by molar-refractivity contribution is 0.248. The average Bonchev–Trinajstić information content (AvgIpc) is 2.81. The van der Waals surface area contributed by atoms with Gasteiger partial charge in [-0.15, -0.1) is 36.2 Å². The number of nitrogens with zero attached hydrogens (tertiary/aromatic N) is 1. The molecule has 0 bridgehead atoms. The van der Waals surface area contributed by atoms with Crippen LogP contribution in [0.3, 0.4) is 0 Å². The normalized spacial score (nSPS) is 15.1. The SMILES string of the molecule is Cl.Cl.O=C(NCC1CCNCC1)Nc1nccs1. The van der Waals surface area contributed by atoms with Crippen LogP contribution in [0.2, 0.25) is 0 Å². The Morgan fingerprint density at radius 3 is 2.78 bits per heavy atom. The Labute approximate surface area is 123 Å². The molecule has 5 nitrogen and oxygen atoms in total. The molecular formula is C10H18Cl2N4OS. The molecule has 0 unspecified atom stereocenters. The van der Waals surface area contributed by atoms with Crippen molar-refractivity contribution in [2.75, 3.05) is 25.0 Å². The second-order valence-corrected chi connectivity index (χ2v) is 4.76. The summed E-state index contributed by atoms with van der Waals surface area (Å²) < 4.78 is 0. The van der Waals surface area contributed by atoms with Crippen molar-refractivity contribution < 1.29 is 4.79 Å². The number of hydrogen-bond acceptors (Lipinski definition) is 4. The summed E-state index contributed by atoms with van der Waals surface area (Å²) in [5, 5.41) is 11.4. The van der Waals surface area contributed by atoms with Gasteiger partial charge in [0, 0.05) is 18.1 Å². The highest BCUT2D eigenvalue weighted by atomic mass is 35.5. The van der Waals surface area contributed by atoms with E-state index in [0.717, 1.165) is 32.5 Å². The van der Waals surface area contributed by atoms with Gasteiger partial charge in [0.15, 0.2) is 5.13 Å². The zero-order valence-electron chi connectivity index (χ0n) is 9.85. The van der Waals surface area contributed by atoms with Crippen LogP contribution in [0.4, 0.5) is 9.93 Å². The average molecular weight is 313 g/mol. The van der Waals surface area contributed by atoms with Crippen LogP contribution in [0.1, 0.15) is 12.8 Å². The van der Waals surface area contributed by atoms with Crippen molar-refractivity contribution in [3.8, 4) is 0 Å². The lowest BCUT2D eigenvalue weighted by Crippen LogP contribution is -2.37. The van der Waals surface area contributed by atoms with Crippen LogP contribution in [0.5, 0.6) is 0 Å². The molecule has 2 rings (SSSR count). The smallest absolute Gasteiger partial charge is 0.321 e. The van der Waals surface area contributed by atoms with Gasteiger partial charge in [0.05, 0.1) is 0 Å². The zero-order valence-corrected chi connectivity index (χ0v) is 12.3. The molecule has 2 amide bonds. The molecule has 104 valence electrons. The molecular weight excluding hydrogens is 295 g/mol. The van der Waals surface area contributed by atoms with Crippen molar-refractivity contribution in [2.24, 2.45) is 5.92 Å². The number of urea groups is 1. The molecule has 0 atom stereocenters. The molecule has 1 aromatic rings. The fourth-order valence-electron chi connectivity index (χ4n) is 1.75. The lowest BCUT2D eigenvalue weighted by Gasteiger charge is -2.22. The summed E-state index contributed by atoms with van der Waals surface area (Å²) in [4.78, 5) is 15.5. The van der Waals surface area contributed by atoms with E-state index in [0.29, 0.717) is 11.0 Å². The maximum atomic E-state index is 11.5. The number of nitrogens with one attached hydrogen (secondary N) is 3. The van der Waals surface area contributed by atoms with E-state index in [4.69, 9.17) is 0 Å². The van der Waals surface area contributed by atoms with Crippen LogP contribution in [-0.4, -0.2) is 30.6 Å². The third-order valence-corrected chi connectivity index (χ3v) is 3.35. The summed E-state index contributed by atoms with van der Waals surface area (Å²) in [6.07, 6.45) is 3.95. The van der Waals surface area contributed by atoms with Crippen LogP contribution in [0.25, 0.3) is 0 Å². The van der Waals surface area contributed by atoms with Gasteiger partial charge >= 0.3 is 6.03 Å². The largest absolute Gasteiger partial charge is 0.338 e. The van der Waals surface area contributed by atoms with Crippen molar-refractivity contribution in [2.45, 2.75) is 12.8 Å². The molecule has 0 radical (unpaired) electrons. The highest BCUT2D eigenvalue weighted by Crippen LogP contribution is 2.11. The van der Waals surface area contributed by atoms with Gasteiger partial charge in [0.2, 0.25) is 0 Å². The van der Waals surface area contributed by atoms with E-state index in [2.05, 4.69) is 20.9 Å². The van der Waals surface area contributed by atoms with Crippen molar-refractivity contribution in [3.63, 3.8) is 0 Å². The number of piperidine rings is 1. The molecule has 1 aliphatic heterocycles. The number of hydrogen-bond donors (Lipinski definition) is 3. The van der Waals surface area contributed by atoms with Gasteiger partial charge in [-0.2, -0.15) is 0 Å². The van der Waals surface area contributed by atoms with Gasteiger partial charge < -0.3 is 10.6 Å². The Hall–Kier alpha value is -0.560. The fourth-order valence-corrected chi connectivity index (χ4v) is 2.27. The number of carbonyl (C=O) groups excluding carboxylic acids is 1. The molecule has 18 heavy (non-hydrogen) atoms. The maximum Gasteiger partial charge on any atom is 0.321 e. The highest BCUT2D eigenvalue weighted by molar-refractivity contribution is 7.13. The lowest BCUT2D eigenvalue weighted by atomic mass is 9.98. The van der Waals surface area contributed by atoms with E-state index in [1.807, 2.05) is 5.38 Å². The van der Waals surface area contributed by atoms with Crippen LogP contribution in [-0.2, 0) is 0 Å². The Morgan fingerprint density at radius 1 is 1.44 bits per heavy atom. The first-order valence-electron chi connectivity index (χ1n) is 5.49. The van der Waals surface area contributed by atoms with E-state index < -0.39 is 0 Å². The number of rotatable bonds is 3. The summed E-state index contributed by atoms with van der Waals surface area (Å²) in [5.74, 6) is 0.600. The molecule has 1 fully saturated rings. The van der Waals surface area contributed by atoms with Crippen molar-refractivity contribution in [3.05, 3.63) is 11.6 Å². The fraction of sp³-hybridized carbons (Fsp3) is 0.600. The quantitative estimate of drug-likeness (QED) is 0.801. The zero-order chi connectivity index (χ0) is 11.2. The highest BCUT2D eigenvalue weighted by Gasteiger charge is 2.13. The summed E-state index contributed by atoms with van der Waals surface area (Å²) in [6, 6.07) is -0.159.